The van der Waals surface area contributed by atoms with Crippen LogP contribution in [0.2, 0.25) is 5.02 Å². The molecule has 0 aromatic heterocycles. The van der Waals surface area contributed by atoms with E-state index in [-0.39, 0.29) is 31.0 Å². The predicted octanol–water partition coefficient (Wildman–Crippen LogP) is 6.42. The molecule has 0 radical (unpaired) electrons. The average molecular weight is 533 g/mol. The van der Waals surface area contributed by atoms with Crippen molar-refractivity contribution in [2.45, 2.75) is 71.0 Å². The Hall–Kier alpha value is -3.31. The van der Waals surface area contributed by atoms with Gasteiger partial charge in [0, 0.05) is 24.0 Å². The summed E-state index contributed by atoms with van der Waals surface area (Å²) in [5, 5.41) is 3.82. The van der Waals surface area contributed by atoms with E-state index in [4.69, 9.17) is 16.3 Å². The Bertz CT molecular complexity index is 1220. The van der Waals surface area contributed by atoms with Crippen molar-refractivity contribution in [1.82, 2.24) is 10.2 Å². The van der Waals surface area contributed by atoms with Gasteiger partial charge in [-0.2, -0.15) is 0 Å². The van der Waals surface area contributed by atoms with Gasteiger partial charge in [0.25, 0.3) is 5.91 Å². The topological polar surface area (TPSA) is 58.6 Å². The van der Waals surface area contributed by atoms with Crippen LogP contribution in [0.4, 0.5) is 0 Å². The summed E-state index contributed by atoms with van der Waals surface area (Å²) in [6.45, 7) is 4.09. The van der Waals surface area contributed by atoms with Crippen LogP contribution in [0.5, 0.6) is 5.75 Å². The maximum atomic E-state index is 13.8. The molecule has 2 amide bonds. The van der Waals surface area contributed by atoms with Gasteiger partial charge in [-0.25, -0.2) is 0 Å². The lowest BCUT2D eigenvalue weighted by Crippen LogP contribution is -2.53. The smallest absolute Gasteiger partial charge is 0.261 e. The number of halogens is 1. The number of carbonyl (C=O) groups excluding carboxylic acids is 2. The molecule has 0 unspecified atom stereocenters. The quantitative estimate of drug-likeness (QED) is 0.327. The highest BCUT2D eigenvalue weighted by Gasteiger charge is 2.32. The first kappa shape index (κ1) is 27.7. The molecule has 5 nitrogen and oxygen atoms in total. The Morgan fingerprint density at radius 2 is 1.66 bits per heavy atom. The minimum atomic E-state index is -0.702. The Morgan fingerprint density at radius 1 is 0.947 bits per heavy atom. The first-order chi connectivity index (χ1) is 18.4. The molecule has 200 valence electrons. The van der Waals surface area contributed by atoms with Crippen LogP contribution < -0.4 is 10.1 Å². The second-order valence-corrected chi connectivity index (χ2v) is 10.6. The lowest BCUT2D eigenvalue weighted by molar-refractivity contribution is -0.143. The summed E-state index contributed by atoms with van der Waals surface area (Å²) < 4.78 is 5.93. The van der Waals surface area contributed by atoms with Crippen LogP contribution >= 0.6 is 11.6 Å². The number of carbonyl (C=O) groups is 2. The van der Waals surface area contributed by atoms with Crippen molar-refractivity contribution in [2.75, 3.05) is 6.61 Å². The molecule has 1 aliphatic rings. The van der Waals surface area contributed by atoms with Crippen molar-refractivity contribution in [3.05, 3.63) is 100 Å². The molecule has 0 heterocycles. The number of hydrogen-bond donors (Lipinski definition) is 1. The van der Waals surface area contributed by atoms with Gasteiger partial charge in [0.05, 0.1) is 0 Å². The fraction of sp³-hybridized carbons (Fsp3) is 0.375. The Kier molecular flexibility index (Phi) is 9.83. The van der Waals surface area contributed by atoms with Gasteiger partial charge < -0.3 is 15.0 Å². The fourth-order valence-electron chi connectivity index (χ4n) is 4.94. The van der Waals surface area contributed by atoms with E-state index in [1.807, 2.05) is 80.6 Å². The second kappa shape index (κ2) is 13.5. The van der Waals surface area contributed by atoms with Crippen LogP contribution in [-0.2, 0) is 22.6 Å². The molecule has 1 saturated carbocycles. The first-order valence-electron chi connectivity index (χ1n) is 13.5. The molecule has 3 aromatic carbocycles. The predicted molar refractivity (Wildman–Crippen MR) is 152 cm³/mol. The van der Waals surface area contributed by atoms with Gasteiger partial charge in [-0.15, -0.1) is 0 Å². The van der Waals surface area contributed by atoms with E-state index >= 15 is 0 Å². The monoisotopic (exact) mass is 532 g/mol. The van der Waals surface area contributed by atoms with Gasteiger partial charge in [0.15, 0.2) is 6.61 Å². The van der Waals surface area contributed by atoms with E-state index in [0.29, 0.717) is 17.2 Å². The molecule has 1 atom stereocenters. The van der Waals surface area contributed by atoms with Gasteiger partial charge in [0.1, 0.15) is 11.8 Å². The van der Waals surface area contributed by atoms with Crippen molar-refractivity contribution in [3.8, 4) is 5.75 Å². The molecule has 1 fully saturated rings. The summed E-state index contributed by atoms with van der Waals surface area (Å²) >= 11 is 6.51. The minimum absolute atomic E-state index is 0.132. The minimum Gasteiger partial charge on any atom is -0.484 e. The van der Waals surface area contributed by atoms with Crippen LogP contribution in [0, 0.1) is 13.8 Å². The molecular formula is C32H37ClN2O3. The van der Waals surface area contributed by atoms with Crippen molar-refractivity contribution in [1.29, 1.82) is 0 Å². The van der Waals surface area contributed by atoms with Crippen molar-refractivity contribution in [2.24, 2.45) is 0 Å². The summed E-state index contributed by atoms with van der Waals surface area (Å²) in [5.74, 6) is 0.237. The van der Waals surface area contributed by atoms with Gasteiger partial charge in [0.2, 0.25) is 5.91 Å². The number of rotatable bonds is 10. The number of amides is 2. The maximum Gasteiger partial charge on any atom is 0.261 e. The van der Waals surface area contributed by atoms with E-state index in [9.17, 15) is 9.59 Å². The molecule has 0 aliphatic heterocycles. The lowest BCUT2D eigenvalue weighted by Gasteiger charge is -2.33. The number of hydrogen-bond acceptors (Lipinski definition) is 3. The number of nitrogens with one attached hydrogen (secondary N) is 1. The molecular weight excluding hydrogens is 496 g/mol. The zero-order chi connectivity index (χ0) is 26.9. The third-order valence-electron chi connectivity index (χ3n) is 7.36. The highest BCUT2D eigenvalue weighted by atomic mass is 35.5. The Morgan fingerprint density at radius 3 is 2.37 bits per heavy atom. The normalized spacial score (nSPS) is 14.5. The SMILES string of the molecule is Cc1ccc(OCC(=O)N(Cc2ccccc2Cl)[C@H](Cc2ccccc2)C(=O)NC2CCCCC2)cc1C. The summed E-state index contributed by atoms with van der Waals surface area (Å²) in [7, 11) is 0. The van der Waals surface area contributed by atoms with Crippen LogP contribution in [0.15, 0.2) is 72.8 Å². The van der Waals surface area contributed by atoms with Crippen LogP contribution in [0.1, 0.15) is 54.4 Å². The standard InChI is InChI=1S/C32H37ClN2O3/c1-23-17-18-28(19-24(23)2)38-22-31(36)35(21-26-13-9-10-16-29(26)33)30(20-25-11-5-3-6-12-25)32(37)34-27-14-7-4-8-15-27/h3,5-6,9-13,16-19,27,30H,4,7-8,14-15,20-22H2,1-2H3,(H,34,37)/t30-/m1/s1. The number of aryl methyl sites for hydroxylation is 2. The molecule has 1 N–H and O–H groups in total. The zero-order valence-corrected chi connectivity index (χ0v) is 23.0. The molecule has 4 rings (SSSR count). The van der Waals surface area contributed by atoms with E-state index in [2.05, 4.69) is 5.32 Å². The lowest BCUT2D eigenvalue weighted by atomic mass is 9.94. The Balaban J connectivity index is 1.62. The van der Waals surface area contributed by atoms with Crippen LogP contribution in [0.25, 0.3) is 0 Å². The summed E-state index contributed by atoms with van der Waals surface area (Å²) in [6.07, 6.45) is 5.77. The highest BCUT2D eigenvalue weighted by molar-refractivity contribution is 6.31. The van der Waals surface area contributed by atoms with Crippen molar-refractivity contribution >= 4 is 23.4 Å². The van der Waals surface area contributed by atoms with Crippen molar-refractivity contribution < 1.29 is 14.3 Å². The summed E-state index contributed by atoms with van der Waals surface area (Å²) in [6, 6.07) is 22.5. The highest BCUT2D eigenvalue weighted by Crippen LogP contribution is 2.23. The van der Waals surface area contributed by atoms with Gasteiger partial charge in [-0.3, -0.25) is 9.59 Å². The third-order valence-corrected chi connectivity index (χ3v) is 7.73. The molecule has 0 spiro atoms. The summed E-state index contributed by atoms with van der Waals surface area (Å²) in [5.41, 5.74) is 4.03. The van der Waals surface area contributed by atoms with E-state index in [1.165, 1.54) is 6.42 Å². The summed E-state index contributed by atoms with van der Waals surface area (Å²) in [4.78, 5) is 29.2. The maximum absolute atomic E-state index is 13.8. The largest absolute Gasteiger partial charge is 0.484 e. The van der Waals surface area contributed by atoms with E-state index in [0.717, 1.165) is 47.9 Å². The number of ether oxygens (including phenoxy) is 1. The molecule has 0 saturated heterocycles. The van der Waals surface area contributed by atoms with E-state index < -0.39 is 6.04 Å². The van der Waals surface area contributed by atoms with Crippen molar-refractivity contribution in [3.63, 3.8) is 0 Å². The first-order valence-corrected chi connectivity index (χ1v) is 13.9. The zero-order valence-electron chi connectivity index (χ0n) is 22.3. The van der Waals surface area contributed by atoms with Gasteiger partial charge >= 0.3 is 0 Å². The molecule has 3 aromatic rings. The third kappa shape index (κ3) is 7.61. The van der Waals surface area contributed by atoms with Crippen LogP contribution in [-0.4, -0.2) is 35.4 Å². The Labute approximate surface area is 231 Å². The molecule has 6 heteroatoms. The fourth-order valence-corrected chi connectivity index (χ4v) is 5.14. The van der Waals surface area contributed by atoms with Crippen LogP contribution in [0.3, 0.4) is 0 Å². The molecule has 0 bridgehead atoms. The second-order valence-electron chi connectivity index (χ2n) is 10.2. The van der Waals surface area contributed by atoms with E-state index in [1.54, 1.807) is 11.0 Å². The molecule has 38 heavy (non-hydrogen) atoms. The molecule has 1 aliphatic carbocycles. The van der Waals surface area contributed by atoms with Gasteiger partial charge in [-0.05, 0) is 67.1 Å². The average Bonchev–Trinajstić information content (AvgIpc) is 2.93. The van der Waals surface area contributed by atoms with Gasteiger partial charge in [-0.1, -0.05) is 85.5 Å². The number of nitrogens with zero attached hydrogens (tertiary/aromatic N) is 1. The number of benzene rings is 3.